The molecular formula is C22H38B3N9O11P. The summed E-state index contributed by atoms with van der Waals surface area (Å²) < 4.78 is 41.2. The molecule has 9 aliphatic heterocycles. The molecule has 0 aromatic carbocycles. The van der Waals surface area contributed by atoms with Crippen LogP contribution in [-0.2, 0) is 28.0 Å². The second-order valence-electron chi connectivity index (χ2n) is 13.6. The molecule has 0 saturated carbocycles. The maximum absolute atomic E-state index is 11.6. The van der Waals surface area contributed by atoms with Crippen molar-refractivity contribution in [3.63, 3.8) is 0 Å². The molecule has 9 saturated heterocycles. The van der Waals surface area contributed by atoms with E-state index in [4.69, 9.17) is 31.2 Å². The van der Waals surface area contributed by atoms with Gasteiger partial charge in [0.2, 0.25) is 0 Å². The van der Waals surface area contributed by atoms with Gasteiger partial charge in [0.05, 0.1) is 44.6 Å². The Kier molecular flexibility index (Phi) is 7.62. The molecule has 9 fully saturated rings. The topological polar surface area (TPSA) is 220 Å². The molecule has 24 heteroatoms. The van der Waals surface area contributed by atoms with E-state index >= 15 is 0 Å². The van der Waals surface area contributed by atoms with Crippen LogP contribution in [0.4, 0.5) is 0 Å². The number of phosphoric ester groups is 1. The van der Waals surface area contributed by atoms with Crippen molar-refractivity contribution in [1.82, 2.24) is 46.2 Å². The highest BCUT2D eigenvalue weighted by Gasteiger charge is 2.69. The zero-order valence-electron chi connectivity index (χ0n) is 25.1. The summed E-state index contributed by atoms with van der Waals surface area (Å²) in [5.41, 5.74) is 6.12. The Hall–Kier alpha value is -0.335. The van der Waals surface area contributed by atoms with Crippen LogP contribution >= 0.6 is 7.82 Å². The fourth-order valence-electron chi connectivity index (χ4n) is 8.79. The van der Waals surface area contributed by atoms with Crippen molar-refractivity contribution in [3.05, 3.63) is 0 Å². The van der Waals surface area contributed by atoms with Crippen molar-refractivity contribution in [1.29, 1.82) is 0 Å². The van der Waals surface area contributed by atoms with Crippen LogP contribution in [0.1, 0.15) is 0 Å². The summed E-state index contributed by atoms with van der Waals surface area (Å²) in [6, 6.07) is -2.18. The van der Waals surface area contributed by atoms with Gasteiger partial charge in [0.25, 0.3) is 0 Å². The zero-order valence-corrected chi connectivity index (χ0v) is 26.0. The molecule has 9 heterocycles. The van der Waals surface area contributed by atoms with E-state index in [0.29, 0.717) is 13.3 Å². The van der Waals surface area contributed by atoms with E-state index in [1.54, 1.807) is 0 Å². The summed E-state index contributed by atoms with van der Waals surface area (Å²) in [7, 11) is 8.16. The van der Waals surface area contributed by atoms with Gasteiger partial charge in [-0.1, -0.05) is 0 Å². The first-order valence-electron chi connectivity index (χ1n) is 15.6. The highest BCUT2D eigenvalue weighted by atomic mass is 31.2. The second-order valence-corrected chi connectivity index (χ2v) is 14.8. The summed E-state index contributed by atoms with van der Waals surface area (Å²) in [6.45, 7) is -0.216. The maximum Gasteiger partial charge on any atom is 0.469 e. The first-order valence-corrected chi connectivity index (χ1v) is 17.2. The Morgan fingerprint density at radius 2 is 1.70 bits per heavy atom. The van der Waals surface area contributed by atoms with Crippen molar-refractivity contribution < 1.29 is 53.1 Å². The fourth-order valence-corrected chi connectivity index (χ4v) is 9.13. The van der Waals surface area contributed by atoms with Gasteiger partial charge in [-0.3, -0.25) is 4.52 Å². The van der Waals surface area contributed by atoms with Crippen LogP contribution in [0.15, 0.2) is 0 Å². The molecule has 0 amide bonds. The van der Waals surface area contributed by atoms with Gasteiger partial charge in [0.1, 0.15) is 74.2 Å². The quantitative estimate of drug-likeness (QED) is 0.103. The van der Waals surface area contributed by atoms with Crippen LogP contribution < -0.4 is 16.2 Å². The zero-order chi connectivity index (χ0) is 32.0. The maximum atomic E-state index is 11.6. The Labute approximate surface area is 266 Å². The standard InChI is InChI=1S/C22H38B3N9O11P/c1-29-20-21(30(29)2)33-6-34-22-10(31(34)5-32(20)33)9(25(23)17-13(37)14(45-22)8(44-17)4-42-46(38,39)40)15-24-16-12(36)11(35)7(43-16)3-41-19-18(26-15)27-28-19/h7-22,26-28,35-37H,3-6H2,1-2H3,(H2,38,39,40)/t7?,8?,9-,10?,11?,12?,13?,14?,15-,16?,17?,18-,19?,20?,21+,22-/m0/s1. The van der Waals surface area contributed by atoms with E-state index in [1.807, 2.05) is 21.4 Å². The summed E-state index contributed by atoms with van der Waals surface area (Å²) in [4.78, 5) is 18.8. The van der Waals surface area contributed by atoms with Gasteiger partial charge in [-0.15, -0.1) is 0 Å². The molecule has 20 nitrogen and oxygen atoms in total. The molecule has 11 unspecified atom stereocenters. The number of likely N-dealkylation sites (N-methyl/N-ethyl adjacent to an activating group) is 2. The first-order chi connectivity index (χ1) is 21.9. The molecule has 0 aliphatic carbocycles. The van der Waals surface area contributed by atoms with Crippen molar-refractivity contribution >= 4 is 29.4 Å². The number of phosphoric acid groups is 1. The number of aliphatic hydroxyl groups is 3. The van der Waals surface area contributed by atoms with Crippen molar-refractivity contribution in [3.8, 4) is 0 Å². The fraction of sp³-hybridized carbons (Fsp3) is 1.00. The molecule has 3 radical (unpaired) electrons. The Bertz CT molecular complexity index is 1270. The van der Waals surface area contributed by atoms with Crippen LogP contribution in [0.5, 0.6) is 0 Å². The van der Waals surface area contributed by atoms with E-state index in [9.17, 15) is 29.7 Å². The molecule has 0 spiro atoms. The van der Waals surface area contributed by atoms with Crippen LogP contribution in [0.3, 0.4) is 0 Å². The number of rotatable bonds is 4. The molecule has 9 aliphatic rings. The number of hydrogen-bond donors (Lipinski definition) is 8. The lowest BCUT2D eigenvalue weighted by molar-refractivity contribution is -0.497. The number of hydrazine groups is 4. The molecule has 9 rings (SSSR count). The number of nitrogens with zero attached hydrogens (tertiary/aromatic N) is 6. The second kappa shape index (κ2) is 11.1. The molecule has 16 atom stereocenters. The third kappa shape index (κ3) is 4.58. The summed E-state index contributed by atoms with van der Waals surface area (Å²) in [5, 5.41) is 50.0. The highest BCUT2D eigenvalue weighted by molar-refractivity contribution is 7.46. The van der Waals surface area contributed by atoms with Gasteiger partial charge in [0, 0.05) is 21.8 Å². The van der Waals surface area contributed by atoms with E-state index in [0.717, 1.165) is 0 Å². The van der Waals surface area contributed by atoms with Crippen LogP contribution in [0.2, 0.25) is 5.82 Å². The lowest BCUT2D eigenvalue weighted by Gasteiger charge is -2.77. The molecule has 4 bridgehead atoms. The van der Waals surface area contributed by atoms with Gasteiger partial charge < -0.3 is 49.4 Å². The van der Waals surface area contributed by atoms with Crippen LogP contribution in [0.25, 0.3) is 0 Å². The SMILES string of the molecule is [B]B1C2OC(COP(=O)(O)O)C(O[C@H]3C([C@H]1[C@H]1[B]C4OC(COC5NN[C@@H]5N1)C(O)C4O)N1CN4C5[C@H](N(C)N5C)N4CN31)C2O. The van der Waals surface area contributed by atoms with Crippen LogP contribution in [0, 0.1) is 0 Å². The number of nitrogens with one attached hydrogen (secondary N) is 3. The molecule has 0 aromatic heterocycles. The monoisotopic (exact) mass is 668 g/mol. The Morgan fingerprint density at radius 3 is 2.37 bits per heavy atom. The number of fused-ring (bicyclic) bond motifs is 13. The lowest BCUT2D eigenvalue weighted by Crippen LogP contribution is -2.96. The molecule has 0 aromatic rings. The minimum Gasteiger partial charge on any atom is -0.388 e. The largest absolute Gasteiger partial charge is 0.469 e. The summed E-state index contributed by atoms with van der Waals surface area (Å²) in [5.74, 6) is -1.11. The third-order valence-electron chi connectivity index (χ3n) is 11.3. The average Bonchev–Trinajstić information content (AvgIpc) is 3.45. The molecule has 8 N–H and O–H groups in total. The van der Waals surface area contributed by atoms with Crippen molar-refractivity contribution in [2.75, 3.05) is 40.6 Å². The lowest BCUT2D eigenvalue weighted by atomic mass is 9.19. The van der Waals surface area contributed by atoms with Gasteiger partial charge in [0.15, 0.2) is 7.28 Å². The number of ether oxygens (including phenoxy) is 4. The first kappa shape index (κ1) is 31.6. The predicted octanol–water partition coefficient (Wildman–Crippen LogP) is -7.32. The van der Waals surface area contributed by atoms with E-state index in [-0.39, 0.29) is 31.1 Å². The molecular weight excluding hydrogens is 630 g/mol. The van der Waals surface area contributed by atoms with Crippen LogP contribution in [-0.4, -0.2) is 209 Å². The highest BCUT2D eigenvalue weighted by Crippen LogP contribution is 2.51. The summed E-state index contributed by atoms with van der Waals surface area (Å²) in [6.07, 6.45) is -7.30. The summed E-state index contributed by atoms with van der Waals surface area (Å²) >= 11 is 0. The van der Waals surface area contributed by atoms with E-state index in [2.05, 4.69) is 46.2 Å². The number of hydrogen-bond acceptors (Lipinski definition) is 18. The normalized spacial score (nSPS) is 53.1. The average molecular weight is 668 g/mol. The van der Waals surface area contributed by atoms with Gasteiger partial charge in [-0.25, -0.2) is 40.5 Å². The van der Waals surface area contributed by atoms with Crippen molar-refractivity contribution in [2.24, 2.45) is 0 Å². The smallest absolute Gasteiger partial charge is 0.388 e. The minimum absolute atomic E-state index is 0.0781. The van der Waals surface area contributed by atoms with Gasteiger partial charge in [-0.2, -0.15) is 5.01 Å². The van der Waals surface area contributed by atoms with Gasteiger partial charge in [-0.05, 0) is 11.8 Å². The van der Waals surface area contributed by atoms with E-state index < -0.39 is 93.9 Å². The third-order valence-corrected chi connectivity index (χ3v) is 11.8. The predicted molar refractivity (Wildman–Crippen MR) is 154 cm³/mol. The Morgan fingerprint density at radius 1 is 0.978 bits per heavy atom. The van der Waals surface area contributed by atoms with Crippen molar-refractivity contribution in [2.45, 2.75) is 97.4 Å². The number of aliphatic hydroxyl groups excluding tert-OH is 3. The molecule has 251 valence electrons. The Balaban J connectivity index is 1.06. The minimum atomic E-state index is -4.83. The van der Waals surface area contributed by atoms with E-state index in [1.165, 1.54) is 0 Å². The molecule has 46 heavy (non-hydrogen) atoms. The van der Waals surface area contributed by atoms with Gasteiger partial charge >= 0.3 is 7.82 Å².